The first kappa shape index (κ1) is 24.6. The highest BCUT2D eigenvalue weighted by molar-refractivity contribution is 6.22. The highest BCUT2D eigenvalue weighted by Crippen LogP contribution is 2.27. The molecule has 0 fully saturated rings. The van der Waals surface area contributed by atoms with Crippen molar-refractivity contribution in [3.05, 3.63) is 89.4 Å². The molecule has 0 saturated heterocycles. The molecule has 4 rings (SSSR count). The van der Waals surface area contributed by atoms with Gasteiger partial charge < -0.3 is 13.9 Å². The monoisotopic (exact) mass is 489 g/mol. The predicted molar refractivity (Wildman–Crippen MR) is 126 cm³/mol. The smallest absolute Gasteiger partial charge is 0.379 e. The van der Waals surface area contributed by atoms with Crippen LogP contribution in [0.1, 0.15) is 67.8 Å². The maximum absolute atomic E-state index is 12.9. The molecule has 1 aliphatic rings. The lowest BCUT2D eigenvalue weighted by Crippen LogP contribution is -2.46. The highest BCUT2D eigenvalue weighted by Gasteiger charge is 2.43. The van der Waals surface area contributed by atoms with Crippen LogP contribution in [0.3, 0.4) is 0 Å². The summed E-state index contributed by atoms with van der Waals surface area (Å²) in [5, 5.41) is 0. The quantitative estimate of drug-likeness (QED) is 0.181. The Kier molecular flexibility index (Phi) is 7.39. The summed E-state index contributed by atoms with van der Waals surface area (Å²) in [6.45, 7) is 1.35. The summed E-state index contributed by atoms with van der Waals surface area (Å²) in [6, 6.07) is 14.0. The fourth-order valence-corrected chi connectivity index (χ4v) is 3.82. The summed E-state index contributed by atoms with van der Waals surface area (Å²) in [6.07, 6.45) is 2.90. The standard InChI is InChI=1S/C27H23NO8/c1-2-3-9-21(28-24(30)19-7-4-5-8-20(19)25(28)31)26(32)35-16-22(29)17-11-13-18(14-12-17)36-27(33)23-10-6-15-34-23/h4-8,10-15,21H,2-3,9,16H2,1H3. The maximum atomic E-state index is 12.9. The fourth-order valence-electron chi connectivity index (χ4n) is 3.82. The number of hydrogen-bond donors (Lipinski definition) is 0. The Labute approximate surface area is 206 Å². The van der Waals surface area contributed by atoms with Gasteiger partial charge in [0.15, 0.2) is 12.4 Å². The summed E-state index contributed by atoms with van der Waals surface area (Å²) < 4.78 is 15.4. The van der Waals surface area contributed by atoms with Gasteiger partial charge >= 0.3 is 11.9 Å². The van der Waals surface area contributed by atoms with Crippen LogP contribution in [0.5, 0.6) is 5.75 Å². The molecule has 0 bridgehead atoms. The van der Waals surface area contributed by atoms with Gasteiger partial charge in [-0.2, -0.15) is 0 Å². The molecule has 1 unspecified atom stereocenters. The Hall–Kier alpha value is -4.53. The Morgan fingerprint density at radius 2 is 1.58 bits per heavy atom. The number of imide groups is 1. The van der Waals surface area contributed by atoms with Gasteiger partial charge in [0.2, 0.25) is 5.76 Å². The van der Waals surface area contributed by atoms with E-state index in [0.717, 1.165) is 11.3 Å². The summed E-state index contributed by atoms with van der Waals surface area (Å²) >= 11 is 0. The molecule has 0 radical (unpaired) electrons. The van der Waals surface area contributed by atoms with E-state index >= 15 is 0 Å². The second-order valence-electron chi connectivity index (χ2n) is 8.11. The molecule has 2 aromatic carbocycles. The molecule has 1 atom stereocenters. The number of hydrogen-bond acceptors (Lipinski definition) is 8. The van der Waals surface area contributed by atoms with Crippen LogP contribution in [0.25, 0.3) is 0 Å². The minimum atomic E-state index is -1.13. The number of ketones is 1. The van der Waals surface area contributed by atoms with Gasteiger partial charge in [-0.05, 0) is 55.0 Å². The average molecular weight is 489 g/mol. The third-order valence-electron chi connectivity index (χ3n) is 5.70. The van der Waals surface area contributed by atoms with E-state index in [2.05, 4.69) is 0 Å². The first-order chi connectivity index (χ1) is 17.4. The van der Waals surface area contributed by atoms with E-state index in [1.165, 1.54) is 48.7 Å². The van der Waals surface area contributed by atoms with Gasteiger partial charge in [0.25, 0.3) is 11.8 Å². The topological polar surface area (TPSA) is 120 Å². The number of amides is 2. The van der Waals surface area contributed by atoms with Crippen molar-refractivity contribution in [1.29, 1.82) is 0 Å². The van der Waals surface area contributed by atoms with Crippen LogP contribution < -0.4 is 4.74 Å². The highest BCUT2D eigenvalue weighted by atomic mass is 16.5. The zero-order valence-corrected chi connectivity index (χ0v) is 19.5. The number of benzene rings is 2. The fraction of sp³-hybridized carbons (Fsp3) is 0.222. The van der Waals surface area contributed by atoms with E-state index in [-0.39, 0.29) is 34.6 Å². The van der Waals surface area contributed by atoms with Gasteiger partial charge in [-0.25, -0.2) is 9.59 Å². The third-order valence-corrected chi connectivity index (χ3v) is 5.70. The maximum Gasteiger partial charge on any atom is 0.379 e. The van der Waals surface area contributed by atoms with E-state index < -0.39 is 42.2 Å². The van der Waals surface area contributed by atoms with E-state index in [1.807, 2.05) is 6.92 Å². The van der Waals surface area contributed by atoms with Gasteiger partial charge in [0, 0.05) is 5.56 Å². The van der Waals surface area contributed by atoms with Crippen LogP contribution in [-0.4, -0.2) is 47.1 Å². The number of esters is 2. The lowest BCUT2D eigenvalue weighted by Gasteiger charge is -2.24. The van der Waals surface area contributed by atoms with Gasteiger partial charge in [-0.1, -0.05) is 31.9 Å². The second kappa shape index (κ2) is 10.8. The van der Waals surface area contributed by atoms with Crippen molar-refractivity contribution < 1.29 is 37.9 Å². The van der Waals surface area contributed by atoms with Gasteiger partial charge in [-0.15, -0.1) is 0 Å². The van der Waals surface area contributed by atoms with Gasteiger partial charge in [0.1, 0.15) is 11.8 Å². The van der Waals surface area contributed by atoms with Crippen molar-refractivity contribution in [2.75, 3.05) is 6.61 Å². The minimum Gasteiger partial charge on any atom is -0.457 e. The van der Waals surface area contributed by atoms with Crippen molar-refractivity contribution in [2.45, 2.75) is 32.2 Å². The first-order valence-electron chi connectivity index (χ1n) is 11.4. The normalized spacial score (nSPS) is 13.3. The predicted octanol–water partition coefficient (Wildman–Crippen LogP) is 4.08. The molecule has 0 aliphatic carbocycles. The van der Waals surface area contributed by atoms with E-state index in [1.54, 1.807) is 18.2 Å². The molecule has 9 nitrogen and oxygen atoms in total. The number of rotatable bonds is 10. The third kappa shape index (κ3) is 5.10. The molecule has 0 spiro atoms. The van der Waals surface area contributed by atoms with E-state index in [4.69, 9.17) is 13.9 Å². The number of fused-ring (bicyclic) bond motifs is 1. The van der Waals surface area contributed by atoms with Gasteiger partial charge in [-0.3, -0.25) is 19.3 Å². The Balaban J connectivity index is 1.39. The Morgan fingerprint density at radius 1 is 0.917 bits per heavy atom. The largest absolute Gasteiger partial charge is 0.457 e. The molecular formula is C27H23NO8. The number of nitrogens with zero attached hydrogens (tertiary/aromatic N) is 1. The summed E-state index contributed by atoms with van der Waals surface area (Å²) in [5.74, 6) is -2.87. The van der Waals surface area contributed by atoms with Crippen molar-refractivity contribution in [1.82, 2.24) is 4.90 Å². The molecule has 2 heterocycles. The van der Waals surface area contributed by atoms with Crippen LogP contribution in [0.2, 0.25) is 0 Å². The van der Waals surface area contributed by atoms with Crippen LogP contribution in [0, 0.1) is 0 Å². The Morgan fingerprint density at radius 3 is 2.17 bits per heavy atom. The van der Waals surface area contributed by atoms with Gasteiger partial charge in [0.05, 0.1) is 17.4 Å². The number of ether oxygens (including phenoxy) is 2. The molecule has 1 aliphatic heterocycles. The number of carbonyl (C=O) groups is 5. The minimum absolute atomic E-state index is 0.0396. The lowest BCUT2D eigenvalue weighted by molar-refractivity contribution is -0.147. The molecule has 2 amide bonds. The first-order valence-corrected chi connectivity index (χ1v) is 11.4. The summed E-state index contributed by atoms with van der Waals surface area (Å²) in [4.78, 5) is 64.1. The molecule has 9 heteroatoms. The summed E-state index contributed by atoms with van der Waals surface area (Å²) in [7, 11) is 0. The van der Waals surface area contributed by atoms with Crippen molar-refractivity contribution in [3.8, 4) is 5.75 Å². The van der Waals surface area contributed by atoms with Crippen molar-refractivity contribution >= 4 is 29.5 Å². The number of carbonyl (C=O) groups excluding carboxylic acids is 5. The molecule has 184 valence electrons. The average Bonchev–Trinajstić information content (AvgIpc) is 3.52. The van der Waals surface area contributed by atoms with E-state index in [0.29, 0.717) is 6.42 Å². The zero-order chi connectivity index (χ0) is 25.7. The van der Waals surface area contributed by atoms with Crippen LogP contribution in [-0.2, 0) is 9.53 Å². The van der Waals surface area contributed by atoms with E-state index in [9.17, 15) is 24.0 Å². The molecule has 0 N–H and O–H groups in total. The molecule has 36 heavy (non-hydrogen) atoms. The Bertz CT molecular complexity index is 1260. The summed E-state index contributed by atoms with van der Waals surface area (Å²) in [5.41, 5.74) is 0.702. The molecule has 1 aromatic heterocycles. The SMILES string of the molecule is CCCCC(C(=O)OCC(=O)c1ccc(OC(=O)c2ccco2)cc1)N1C(=O)c2ccccc2C1=O. The molecule has 3 aromatic rings. The number of Topliss-reactive ketones (excluding diaryl/α,β-unsaturated/α-hetero) is 1. The van der Waals surface area contributed by atoms with Crippen molar-refractivity contribution in [3.63, 3.8) is 0 Å². The lowest BCUT2D eigenvalue weighted by atomic mass is 10.1. The number of furan rings is 1. The zero-order valence-electron chi connectivity index (χ0n) is 19.5. The second-order valence-corrected chi connectivity index (χ2v) is 8.11. The molecule has 0 saturated carbocycles. The number of unbranched alkanes of at least 4 members (excludes halogenated alkanes) is 1. The van der Waals surface area contributed by atoms with Crippen molar-refractivity contribution in [2.24, 2.45) is 0 Å². The van der Waals surface area contributed by atoms with Crippen LogP contribution >= 0.6 is 0 Å². The van der Waals surface area contributed by atoms with Crippen LogP contribution in [0.15, 0.2) is 71.3 Å². The molecular weight excluding hydrogens is 466 g/mol. The van der Waals surface area contributed by atoms with Crippen LogP contribution in [0.4, 0.5) is 0 Å².